The second-order valence-corrected chi connectivity index (χ2v) is 9.96. The molecule has 0 spiro atoms. The number of amides is 1. The van der Waals surface area contributed by atoms with Crippen LogP contribution >= 0.6 is 11.6 Å². The molecule has 1 fully saturated rings. The third kappa shape index (κ3) is 6.35. The van der Waals surface area contributed by atoms with Crippen molar-refractivity contribution in [1.82, 2.24) is 10.2 Å². The number of sulfonamides is 1. The number of benzene rings is 2. The van der Waals surface area contributed by atoms with Crippen molar-refractivity contribution in [2.75, 3.05) is 37.3 Å². The first-order chi connectivity index (χ1) is 14.8. The van der Waals surface area contributed by atoms with Gasteiger partial charge in [-0.2, -0.15) is 0 Å². The number of carbonyl (C=O) groups excluding carboxylic acids is 1. The highest BCUT2D eigenvalue weighted by molar-refractivity contribution is 7.92. The molecule has 0 aliphatic carbocycles. The molecule has 1 aliphatic rings. The van der Waals surface area contributed by atoms with Crippen LogP contribution in [0.25, 0.3) is 0 Å². The minimum absolute atomic E-state index is 0.224. The Labute approximate surface area is 189 Å². The number of hydrogen-bond acceptors (Lipinski definition) is 5. The molecule has 1 aliphatic heterocycles. The maximum absolute atomic E-state index is 12.7. The third-order valence-corrected chi connectivity index (χ3v) is 6.65. The molecule has 0 saturated carbocycles. The van der Waals surface area contributed by atoms with Gasteiger partial charge in [-0.05, 0) is 55.3 Å². The molecule has 31 heavy (non-hydrogen) atoms. The molecule has 1 N–H and O–H groups in total. The Morgan fingerprint density at radius 1 is 1.16 bits per heavy atom. The summed E-state index contributed by atoms with van der Waals surface area (Å²) in [7, 11) is -2.31. The fourth-order valence-corrected chi connectivity index (χ4v) is 4.70. The van der Waals surface area contributed by atoms with E-state index in [1.807, 2.05) is 18.2 Å². The van der Waals surface area contributed by atoms with Crippen LogP contribution in [0.15, 0.2) is 42.5 Å². The molecule has 2 aromatic carbocycles. The average molecular weight is 466 g/mol. The SMILES string of the molecule is COc1ccc(Cl)cc1N(CC(=O)NCc1ccccc1CN1CCCC1)S(C)(=O)=O. The molecule has 1 heterocycles. The Balaban J connectivity index is 1.71. The summed E-state index contributed by atoms with van der Waals surface area (Å²) in [6.07, 6.45) is 3.48. The van der Waals surface area contributed by atoms with Gasteiger partial charge in [0.15, 0.2) is 0 Å². The molecule has 0 unspecified atom stereocenters. The fourth-order valence-electron chi connectivity index (χ4n) is 3.69. The Hall–Kier alpha value is -2.29. The van der Waals surface area contributed by atoms with Gasteiger partial charge in [-0.15, -0.1) is 0 Å². The molecule has 168 valence electrons. The zero-order valence-electron chi connectivity index (χ0n) is 17.8. The summed E-state index contributed by atoms with van der Waals surface area (Å²) in [6.45, 7) is 2.98. The van der Waals surface area contributed by atoms with Crippen LogP contribution < -0.4 is 14.4 Å². The molecule has 0 bridgehead atoms. The molecule has 1 amide bonds. The van der Waals surface area contributed by atoms with E-state index < -0.39 is 15.9 Å². The summed E-state index contributed by atoms with van der Waals surface area (Å²) in [5, 5.41) is 3.20. The number of anilines is 1. The van der Waals surface area contributed by atoms with E-state index in [1.165, 1.54) is 31.6 Å². The largest absolute Gasteiger partial charge is 0.495 e. The number of likely N-dealkylation sites (tertiary alicyclic amines) is 1. The number of nitrogens with zero attached hydrogens (tertiary/aromatic N) is 2. The highest BCUT2D eigenvalue weighted by atomic mass is 35.5. The second-order valence-electron chi connectivity index (χ2n) is 7.61. The normalized spacial score (nSPS) is 14.4. The summed E-state index contributed by atoms with van der Waals surface area (Å²) < 4.78 is 31.1. The van der Waals surface area contributed by atoms with Gasteiger partial charge in [0.1, 0.15) is 12.3 Å². The monoisotopic (exact) mass is 465 g/mol. The zero-order chi connectivity index (χ0) is 22.4. The van der Waals surface area contributed by atoms with Crippen LogP contribution in [-0.4, -0.2) is 52.2 Å². The van der Waals surface area contributed by atoms with Gasteiger partial charge in [0.25, 0.3) is 0 Å². The predicted octanol–water partition coefficient (Wildman–Crippen LogP) is 3.03. The Kier molecular flexibility index (Phi) is 7.80. The summed E-state index contributed by atoms with van der Waals surface area (Å²) in [5.41, 5.74) is 2.41. The maximum Gasteiger partial charge on any atom is 0.241 e. The van der Waals surface area contributed by atoms with Gasteiger partial charge in [-0.3, -0.25) is 14.0 Å². The number of methoxy groups -OCH3 is 1. The summed E-state index contributed by atoms with van der Waals surface area (Å²) in [4.78, 5) is 15.1. The highest BCUT2D eigenvalue weighted by Gasteiger charge is 2.24. The van der Waals surface area contributed by atoms with Crippen LogP contribution in [0.2, 0.25) is 5.02 Å². The number of rotatable bonds is 9. The van der Waals surface area contributed by atoms with Crippen molar-refractivity contribution in [3.63, 3.8) is 0 Å². The van der Waals surface area contributed by atoms with Crippen LogP contribution in [0, 0.1) is 0 Å². The highest BCUT2D eigenvalue weighted by Crippen LogP contribution is 2.32. The minimum Gasteiger partial charge on any atom is -0.495 e. The third-order valence-electron chi connectivity index (χ3n) is 5.28. The van der Waals surface area contributed by atoms with Gasteiger partial charge in [0.05, 0.1) is 19.1 Å². The van der Waals surface area contributed by atoms with Crippen molar-refractivity contribution in [2.24, 2.45) is 0 Å². The molecule has 3 rings (SSSR count). The summed E-state index contributed by atoms with van der Waals surface area (Å²) in [5.74, 6) is -0.0954. The van der Waals surface area contributed by atoms with E-state index in [-0.39, 0.29) is 12.2 Å². The van der Waals surface area contributed by atoms with Crippen molar-refractivity contribution in [3.05, 3.63) is 58.6 Å². The maximum atomic E-state index is 12.7. The van der Waals surface area contributed by atoms with Crippen molar-refractivity contribution in [2.45, 2.75) is 25.9 Å². The van der Waals surface area contributed by atoms with Crippen molar-refractivity contribution < 1.29 is 17.9 Å². The molecule has 7 nitrogen and oxygen atoms in total. The molecule has 0 radical (unpaired) electrons. The number of halogens is 1. The van der Waals surface area contributed by atoms with Gasteiger partial charge in [0, 0.05) is 18.1 Å². The van der Waals surface area contributed by atoms with Gasteiger partial charge in [-0.1, -0.05) is 35.9 Å². The lowest BCUT2D eigenvalue weighted by molar-refractivity contribution is -0.119. The molecule has 9 heteroatoms. The van der Waals surface area contributed by atoms with Crippen LogP contribution in [-0.2, 0) is 27.9 Å². The lowest BCUT2D eigenvalue weighted by Gasteiger charge is -2.24. The number of ether oxygens (including phenoxy) is 1. The lowest BCUT2D eigenvalue weighted by Crippen LogP contribution is -2.40. The van der Waals surface area contributed by atoms with E-state index in [1.54, 1.807) is 12.1 Å². The number of carbonyl (C=O) groups is 1. The van der Waals surface area contributed by atoms with Crippen LogP contribution in [0.5, 0.6) is 5.75 Å². The van der Waals surface area contributed by atoms with Crippen LogP contribution in [0.4, 0.5) is 5.69 Å². The van der Waals surface area contributed by atoms with E-state index in [4.69, 9.17) is 16.3 Å². The minimum atomic E-state index is -3.74. The van der Waals surface area contributed by atoms with Gasteiger partial charge >= 0.3 is 0 Å². The van der Waals surface area contributed by atoms with Gasteiger partial charge < -0.3 is 10.1 Å². The molecule has 0 atom stereocenters. The van der Waals surface area contributed by atoms with Crippen molar-refractivity contribution in [3.8, 4) is 5.75 Å². The fraction of sp³-hybridized carbons (Fsp3) is 0.409. The van der Waals surface area contributed by atoms with Crippen molar-refractivity contribution >= 4 is 33.2 Å². The summed E-state index contributed by atoms with van der Waals surface area (Å²) in [6, 6.07) is 12.6. The standard InChI is InChI=1S/C22H28ClN3O4S/c1-30-21-10-9-19(23)13-20(21)26(31(2,28)29)16-22(27)24-14-17-7-3-4-8-18(17)15-25-11-5-6-12-25/h3-4,7-10,13H,5-6,11-12,14-16H2,1-2H3,(H,24,27). The van der Waals surface area contributed by atoms with E-state index in [9.17, 15) is 13.2 Å². The Morgan fingerprint density at radius 2 is 1.84 bits per heavy atom. The number of hydrogen-bond donors (Lipinski definition) is 1. The van der Waals surface area contributed by atoms with Crippen molar-refractivity contribution in [1.29, 1.82) is 0 Å². The van der Waals surface area contributed by atoms with Gasteiger partial charge in [0.2, 0.25) is 15.9 Å². The molecular formula is C22H28ClN3O4S. The average Bonchev–Trinajstić information content (AvgIpc) is 3.23. The first-order valence-corrected chi connectivity index (χ1v) is 12.4. The molecule has 1 saturated heterocycles. The molecular weight excluding hydrogens is 438 g/mol. The topological polar surface area (TPSA) is 79.0 Å². The Bertz CT molecular complexity index is 1020. The smallest absolute Gasteiger partial charge is 0.241 e. The first kappa shape index (κ1) is 23.4. The van der Waals surface area contributed by atoms with E-state index >= 15 is 0 Å². The van der Waals surface area contributed by atoms with E-state index in [2.05, 4.69) is 16.3 Å². The van der Waals surface area contributed by atoms with E-state index in [0.29, 0.717) is 17.3 Å². The van der Waals surface area contributed by atoms with Gasteiger partial charge in [-0.25, -0.2) is 8.42 Å². The number of nitrogens with one attached hydrogen (secondary N) is 1. The van der Waals surface area contributed by atoms with Crippen LogP contribution in [0.3, 0.4) is 0 Å². The quantitative estimate of drug-likeness (QED) is 0.615. The predicted molar refractivity (Wildman–Crippen MR) is 123 cm³/mol. The zero-order valence-corrected chi connectivity index (χ0v) is 19.4. The summed E-state index contributed by atoms with van der Waals surface area (Å²) >= 11 is 6.05. The lowest BCUT2D eigenvalue weighted by atomic mass is 10.1. The molecule has 2 aromatic rings. The first-order valence-electron chi connectivity index (χ1n) is 10.1. The second kappa shape index (κ2) is 10.3. The Morgan fingerprint density at radius 3 is 2.48 bits per heavy atom. The van der Waals surface area contributed by atoms with E-state index in [0.717, 1.165) is 35.8 Å². The van der Waals surface area contributed by atoms with Crippen LogP contribution in [0.1, 0.15) is 24.0 Å². The molecule has 0 aromatic heterocycles.